The average Bonchev–Trinajstić information content (AvgIpc) is 3.70. The summed E-state index contributed by atoms with van der Waals surface area (Å²) < 4.78 is 1.15. The van der Waals surface area contributed by atoms with Crippen LogP contribution in [0.15, 0.2) is 47.1 Å². The second-order valence-corrected chi connectivity index (χ2v) is 10.9. The molecule has 4 nitrogen and oxygen atoms in total. The number of aromatic nitrogens is 1. The standard InChI is InChI=1S/C26H30BrN3O/c27-20-6-8-21(9-7-20)29(16-17-1-2-17)24-13-22-10-11-23(14-24)30(22)25-12-5-19(15-28-25)26(31)18-3-4-18/h5-9,12,15,17-18,22-24H,1-4,10-11,13-14,16H2. The maximum atomic E-state index is 12.3. The van der Waals surface area contributed by atoms with E-state index in [1.165, 1.54) is 50.8 Å². The van der Waals surface area contributed by atoms with E-state index in [1.807, 2.05) is 12.3 Å². The molecule has 2 aliphatic carbocycles. The minimum absolute atomic E-state index is 0.260. The van der Waals surface area contributed by atoms with Crippen LogP contribution in [0.2, 0.25) is 0 Å². The molecule has 0 amide bonds. The molecule has 3 heterocycles. The topological polar surface area (TPSA) is 36.4 Å². The van der Waals surface area contributed by atoms with Crippen LogP contribution in [0.3, 0.4) is 0 Å². The summed E-state index contributed by atoms with van der Waals surface area (Å²) in [7, 11) is 0. The predicted octanol–water partition coefficient (Wildman–Crippen LogP) is 5.85. The number of rotatable bonds is 7. The van der Waals surface area contributed by atoms with Gasteiger partial charge < -0.3 is 9.80 Å². The van der Waals surface area contributed by atoms with Crippen LogP contribution < -0.4 is 9.80 Å². The van der Waals surface area contributed by atoms with E-state index in [2.05, 4.69) is 56.1 Å². The normalized spacial score (nSPS) is 27.4. The lowest BCUT2D eigenvalue weighted by Gasteiger charge is -2.45. The minimum atomic E-state index is 0.260. The number of anilines is 2. The van der Waals surface area contributed by atoms with Crippen LogP contribution in [0.4, 0.5) is 11.5 Å². The number of carbonyl (C=O) groups is 1. The molecule has 2 aliphatic heterocycles. The summed E-state index contributed by atoms with van der Waals surface area (Å²) in [6.45, 7) is 1.20. The lowest BCUT2D eigenvalue weighted by atomic mass is 9.94. The van der Waals surface area contributed by atoms with Crippen molar-refractivity contribution in [1.82, 2.24) is 4.98 Å². The number of hydrogen-bond acceptors (Lipinski definition) is 4. The van der Waals surface area contributed by atoms with Crippen LogP contribution in [-0.2, 0) is 0 Å². The number of pyridine rings is 1. The van der Waals surface area contributed by atoms with Gasteiger partial charge in [0.05, 0.1) is 0 Å². The van der Waals surface area contributed by atoms with Gasteiger partial charge in [-0.1, -0.05) is 15.9 Å². The zero-order chi connectivity index (χ0) is 20.9. The van der Waals surface area contributed by atoms with Crippen molar-refractivity contribution in [2.75, 3.05) is 16.3 Å². The van der Waals surface area contributed by atoms with Crippen molar-refractivity contribution in [3.8, 4) is 0 Å². The molecule has 5 heteroatoms. The Kier molecular flexibility index (Phi) is 5.05. The monoisotopic (exact) mass is 479 g/mol. The van der Waals surface area contributed by atoms with Gasteiger partial charge in [-0.3, -0.25) is 4.79 Å². The number of hydrogen-bond donors (Lipinski definition) is 0. The maximum absolute atomic E-state index is 12.3. The predicted molar refractivity (Wildman–Crippen MR) is 128 cm³/mol. The molecule has 2 saturated heterocycles. The molecule has 4 aliphatic rings. The smallest absolute Gasteiger partial charge is 0.167 e. The van der Waals surface area contributed by atoms with Gasteiger partial charge >= 0.3 is 0 Å². The van der Waals surface area contributed by atoms with Gasteiger partial charge in [-0.25, -0.2) is 4.98 Å². The summed E-state index contributed by atoms with van der Waals surface area (Å²) in [6.07, 6.45) is 11.6. The highest BCUT2D eigenvalue weighted by Crippen LogP contribution is 2.43. The fourth-order valence-corrected chi connectivity index (χ4v) is 5.98. The minimum Gasteiger partial charge on any atom is -0.368 e. The maximum Gasteiger partial charge on any atom is 0.167 e. The largest absolute Gasteiger partial charge is 0.368 e. The van der Waals surface area contributed by atoms with Gasteiger partial charge in [0.2, 0.25) is 0 Å². The first kappa shape index (κ1) is 19.8. The molecule has 4 fully saturated rings. The molecule has 1 aromatic carbocycles. The third-order valence-electron chi connectivity index (χ3n) is 7.70. The van der Waals surface area contributed by atoms with Gasteiger partial charge in [-0.2, -0.15) is 0 Å². The molecule has 2 unspecified atom stereocenters. The van der Waals surface area contributed by atoms with E-state index in [0.29, 0.717) is 18.1 Å². The van der Waals surface area contributed by atoms with Gasteiger partial charge in [0.15, 0.2) is 5.78 Å². The van der Waals surface area contributed by atoms with Crippen LogP contribution in [0.25, 0.3) is 0 Å². The van der Waals surface area contributed by atoms with Crippen molar-refractivity contribution in [1.29, 1.82) is 0 Å². The van der Waals surface area contributed by atoms with E-state index < -0.39 is 0 Å². The van der Waals surface area contributed by atoms with Crippen molar-refractivity contribution in [3.63, 3.8) is 0 Å². The molecule has 0 spiro atoms. The Morgan fingerprint density at radius 2 is 1.68 bits per heavy atom. The van der Waals surface area contributed by atoms with Gasteiger partial charge in [0.1, 0.15) is 5.82 Å². The van der Waals surface area contributed by atoms with Gasteiger partial charge in [0, 0.05) is 52.5 Å². The second kappa shape index (κ2) is 7.91. The second-order valence-electron chi connectivity index (χ2n) is 10.0. The van der Waals surface area contributed by atoms with Crippen LogP contribution in [-0.4, -0.2) is 35.4 Å². The molecule has 2 aromatic rings. The lowest BCUT2D eigenvalue weighted by Crippen LogP contribution is -2.51. The van der Waals surface area contributed by atoms with E-state index in [-0.39, 0.29) is 11.7 Å². The Balaban J connectivity index is 1.20. The summed E-state index contributed by atoms with van der Waals surface area (Å²) in [5.41, 5.74) is 2.16. The molecular weight excluding hydrogens is 450 g/mol. The lowest BCUT2D eigenvalue weighted by molar-refractivity contribution is 0.0967. The Bertz CT molecular complexity index is 938. The molecule has 1 aromatic heterocycles. The highest BCUT2D eigenvalue weighted by Gasteiger charge is 2.44. The molecule has 2 bridgehead atoms. The van der Waals surface area contributed by atoms with E-state index >= 15 is 0 Å². The fraction of sp³-hybridized carbons (Fsp3) is 0.538. The highest BCUT2D eigenvalue weighted by atomic mass is 79.9. The summed E-state index contributed by atoms with van der Waals surface area (Å²) in [5, 5.41) is 0. The van der Waals surface area contributed by atoms with Crippen LogP contribution in [0.5, 0.6) is 0 Å². The molecule has 2 atom stereocenters. The number of Topliss-reactive ketones (excluding diaryl/α,β-unsaturated/α-hetero) is 1. The van der Waals surface area contributed by atoms with E-state index in [4.69, 9.17) is 4.98 Å². The number of fused-ring (bicyclic) bond motifs is 2. The Morgan fingerprint density at radius 1 is 0.968 bits per heavy atom. The Morgan fingerprint density at radius 3 is 2.26 bits per heavy atom. The van der Waals surface area contributed by atoms with Crippen molar-refractivity contribution < 1.29 is 4.79 Å². The SMILES string of the molecule is O=C(c1ccc(N2C3CCC2CC(N(CC2CC2)c2ccc(Br)cc2)C3)nc1)C1CC1. The molecule has 0 N–H and O–H groups in total. The summed E-state index contributed by atoms with van der Waals surface area (Å²) in [6, 6.07) is 14.7. The molecule has 0 radical (unpaired) electrons. The van der Waals surface area contributed by atoms with E-state index in [9.17, 15) is 4.79 Å². The average molecular weight is 480 g/mol. The first-order chi connectivity index (χ1) is 15.2. The molecule has 162 valence electrons. The third kappa shape index (κ3) is 4.02. The Labute approximate surface area is 193 Å². The highest BCUT2D eigenvalue weighted by molar-refractivity contribution is 9.10. The van der Waals surface area contributed by atoms with Gasteiger partial charge in [0.25, 0.3) is 0 Å². The number of ketones is 1. The summed E-state index contributed by atoms with van der Waals surface area (Å²) in [4.78, 5) is 22.4. The van der Waals surface area contributed by atoms with E-state index in [0.717, 1.165) is 34.6 Å². The molecule has 31 heavy (non-hydrogen) atoms. The zero-order valence-electron chi connectivity index (χ0n) is 17.9. The molecule has 6 rings (SSSR count). The number of nitrogens with zero attached hydrogens (tertiary/aromatic N) is 3. The first-order valence-corrected chi connectivity index (χ1v) is 12.8. The third-order valence-corrected chi connectivity index (χ3v) is 8.23. The van der Waals surface area contributed by atoms with Crippen LogP contribution >= 0.6 is 15.9 Å². The van der Waals surface area contributed by atoms with Crippen LogP contribution in [0, 0.1) is 11.8 Å². The number of carbonyl (C=O) groups excluding carboxylic acids is 1. The molecule has 2 saturated carbocycles. The number of piperidine rings is 1. The quantitative estimate of drug-likeness (QED) is 0.466. The van der Waals surface area contributed by atoms with Gasteiger partial charge in [-0.05, 0) is 93.7 Å². The van der Waals surface area contributed by atoms with Crippen molar-refractivity contribution in [3.05, 3.63) is 52.6 Å². The van der Waals surface area contributed by atoms with Crippen molar-refractivity contribution in [2.45, 2.75) is 69.5 Å². The fourth-order valence-electron chi connectivity index (χ4n) is 5.72. The first-order valence-electron chi connectivity index (χ1n) is 12.0. The number of benzene rings is 1. The van der Waals surface area contributed by atoms with E-state index in [1.54, 1.807) is 0 Å². The Hall–Kier alpha value is -1.88. The molecular formula is C26H30BrN3O. The zero-order valence-corrected chi connectivity index (χ0v) is 19.5. The number of halogens is 1. The summed E-state index contributed by atoms with van der Waals surface area (Å²) >= 11 is 3.59. The van der Waals surface area contributed by atoms with Crippen molar-refractivity contribution in [2.24, 2.45) is 11.8 Å². The summed E-state index contributed by atoms with van der Waals surface area (Å²) in [5.74, 6) is 2.48. The van der Waals surface area contributed by atoms with Crippen LogP contribution in [0.1, 0.15) is 61.7 Å². The van der Waals surface area contributed by atoms with Gasteiger partial charge in [-0.15, -0.1) is 0 Å². The van der Waals surface area contributed by atoms with Crippen molar-refractivity contribution >= 4 is 33.2 Å².